The van der Waals surface area contributed by atoms with Crippen LogP contribution in [0, 0.1) is 5.41 Å². The molecular weight excluding hydrogens is 280 g/mol. The average Bonchev–Trinajstić information content (AvgIpc) is 2.22. The van der Waals surface area contributed by atoms with E-state index in [4.69, 9.17) is 5.41 Å². The maximum Gasteiger partial charge on any atom is 0.363 e. The molecule has 4 nitrogen and oxygen atoms in total. The number of carbonyl (C=O) groups excluding carboxylic acids is 1. The second-order valence-corrected chi connectivity index (χ2v) is 3.41. The van der Waals surface area contributed by atoms with E-state index in [2.05, 4.69) is 16.3 Å². The van der Waals surface area contributed by atoms with Crippen LogP contribution in [0.5, 0.6) is 0 Å². The molecule has 0 atom stereocenters. The van der Waals surface area contributed by atoms with E-state index in [1.807, 2.05) is 5.32 Å². The van der Waals surface area contributed by atoms with Gasteiger partial charge in [0.25, 0.3) is 6.43 Å². The molecule has 0 aliphatic carbocycles. The summed E-state index contributed by atoms with van der Waals surface area (Å²) in [4.78, 5) is 11.3. The van der Waals surface area contributed by atoms with Crippen LogP contribution in [0.1, 0.15) is 6.92 Å². The van der Waals surface area contributed by atoms with Crippen molar-refractivity contribution in [2.45, 2.75) is 18.7 Å². The van der Waals surface area contributed by atoms with E-state index >= 15 is 0 Å². The Balaban J connectivity index is 5.78. The molecule has 0 rings (SSSR count). The van der Waals surface area contributed by atoms with Crippen LogP contribution in [0.3, 0.4) is 0 Å². The van der Waals surface area contributed by atoms with Crippen molar-refractivity contribution in [1.29, 1.82) is 5.41 Å². The zero-order valence-electron chi connectivity index (χ0n) is 9.49. The lowest BCUT2D eigenvalue weighted by Crippen LogP contribution is -2.32. The van der Waals surface area contributed by atoms with Crippen LogP contribution in [-0.2, 0) is 9.53 Å². The van der Waals surface area contributed by atoms with Gasteiger partial charge >= 0.3 is 11.4 Å². The van der Waals surface area contributed by atoms with Gasteiger partial charge in [-0.1, -0.05) is 0 Å². The maximum atomic E-state index is 13.0. The summed E-state index contributed by atoms with van der Waals surface area (Å²) in [6, 6.07) is 0. The summed E-state index contributed by atoms with van der Waals surface area (Å²) in [6.45, 7) is 1.14. The van der Waals surface area contributed by atoms with Gasteiger partial charge in [0.05, 0.1) is 6.61 Å². The second kappa shape index (κ2) is 6.58. The molecule has 0 fully saturated rings. The summed E-state index contributed by atoms with van der Waals surface area (Å²) in [5.74, 6) is -1.47. The Morgan fingerprint density at radius 2 is 2.00 bits per heavy atom. The van der Waals surface area contributed by atoms with Crippen molar-refractivity contribution in [3.8, 4) is 0 Å². The largest absolute Gasteiger partial charge is 0.462 e. The van der Waals surface area contributed by atoms with Gasteiger partial charge in [0.15, 0.2) is 0 Å². The Morgan fingerprint density at radius 1 is 1.50 bits per heavy atom. The summed E-state index contributed by atoms with van der Waals surface area (Å²) in [6.07, 6.45) is -3.41. The van der Waals surface area contributed by atoms with Crippen molar-refractivity contribution in [2.75, 3.05) is 13.7 Å². The standard InChI is InChI=1S/C9H11ClF4N2O2/c1-3-18-8(17)4(5(15)7(11)12)6(16-2)9(10,13)14/h7,15-16H,3H2,1-2H3/b6-4+,15-5?. The highest BCUT2D eigenvalue weighted by Crippen LogP contribution is 2.30. The first-order valence-electron chi connectivity index (χ1n) is 4.70. The first kappa shape index (κ1) is 16.7. The monoisotopic (exact) mass is 290 g/mol. The number of hydrogen-bond acceptors (Lipinski definition) is 4. The molecule has 0 amide bonds. The van der Waals surface area contributed by atoms with Crippen LogP contribution in [0.25, 0.3) is 0 Å². The lowest BCUT2D eigenvalue weighted by Gasteiger charge is -2.18. The summed E-state index contributed by atoms with van der Waals surface area (Å²) < 4.78 is 55.0. The minimum Gasteiger partial charge on any atom is -0.462 e. The zero-order valence-corrected chi connectivity index (χ0v) is 10.2. The molecule has 0 bridgehead atoms. The zero-order chi connectivity index (χ0) is 14.5. The lowest BCUT2D eigenvalue weighted by atomic mass is 10.1. The SMILES string of the molecule is CCOC(=O)/C(C(=N)C(F)F)=C(/NC)C(F)(F)Cl. The van der Waals surface area contributed by atoms with Gasteiger partial charge in [-0.25, -0.2) is 13.6 Å². The molecule has 0 heterocycles. The number of hydrogen-bond donors (Lipinski definition) is 2. The van der Waals surface area contributed by atoms with E-state index < -0.39 is 34.8 Å². The fourth-order valence-electron chi connectivity index (χ4n) is 1.07. The van der Waals surface area contributed by atoms with E-state index in [1.54, 1.807) is 0 Å². The molecule has 0 saturated heterocycles. The van der Waals surface area contributed by atoms with Crippen LogP contribution >= 0.6 is 11.6 Å². The van der Waals surface area contributed by atoms with Gasteiger partial charge < -0.3 is 10.1 Å². The lowest BCUT2D eigenvalue weighted by molar-refractivity contribution is -0.138. The van der Waals surface area contributed by atoms with Gasteiger partial charge in [-0.2, -0.15) is 8.78 Å². The van der Waals surface area contributed by atoms with Crippen LogP contribution in [0.4, 0.5) is 17.6 Å². The number of alkyl halides is 5. The molecule has 0 aromatic heterocycles. The molecule has 9 heteroatoms. The van der Waals surface area contributed by atoms with E-state index in [-0.39, 0.29) is 6.61 Å². The number of carbonyl (C=O) groups is 1. The van der Waals surface area contributed by atoms with E-state index in [0.717, 1.165) is 7.05 Å². The third-order valence-electron chi connectivity index (χ3n) is 1.75. The molecule has 0 aromatic rings. The number of halogens is 5. The first-order chi connectivity index (χ1) is 8.16. The Kier molecular flexibility index (Phi) is 6.10. The third kappa shape index (κ3) is 4.17. The van der Waals surface area contributed by atoms with Gasteiger partial charge in [-0.3, -0.25) is 5.41 Å². The molecule has 0 spiro atoms. The van der Waals surface area contributed by atoms with Gasteiger partial charge in [0.2, 0.25) is 0 Å². The Bertz CT molecular complexity index is 366. The number of allylic oxidation sites excluding steroid dienone is 1. The number of nitrogens with one attached hydrogen (secondary N) is 2. The van der Waals surface area contributed by atoms with Gasteiger partial charge in [0.1, 0.15) is 17.0 Å². The third-order valence-corrected chi connectivity index (χ3v) is 1.94. The van der Waals surface area contributed by atoms with Crippen molar-refractivity contribution in [3.05, 3.63) is 11.3 Å². The molecule has 2 N–H and O–H groups in total. The van der Waals surface area contributed by atoms with Crippen molar-refractivity contribution in [1.82, 2.24) is 5.32 Å². The molecule has 0 aromatic carbocycles. The summed E-state index contributed by atoms with van der Waals surface area (Å²) >= 11 is 4.68. The fraction of sp³-hybridized carbons (Fsp3) is 0.556. The summed E-state index contributed by atoms with van der Waals surface area (Å²) in [7, 11) is 0.962. The van der Waals surface area contributed by atoms with Crippen LogP contribution < -0.4 is 5.32 Å². The molecule has 0 aliphatic heterocycles. The van der Waals surface area contributed by atoms with E-state index in [9.17, 15) is 22.4 Å². The highest BCUT2D eigenvalue weighted by molar-refractivity contribution is 6.26. The highest BCUT2D eigenvalue weighted by atomic mass is 35.5. The molecule has 0 saturated carbocycles. The van der Waals surface area contributed by atoms with Crippen molar-refractivity contribution in [3.63, 3.8) is 0 Å². The minimum atomic E-state index is -4.10. The second-order valence-electron chi connectivity index (χ2n) is 2.93. The molecule has 0 aliphatic rings. The quantitative estimate of drug-likeness (QED) is 0.259. The smallest absolute Gasteiger partial charge is 0.363 e. The molecule has 0 radical (unpaired) electrons. The number of esters is 1. The highest BCUT2D eigenvalue weighted by Gasteiger charge is 2.39. The predicted molar refractivity (Wildman–Crippen MR) is 57.2 cm³/mol. The Hall–Kier alpha value is -1.31. The van der Waals surface area contributed by atoms with Crippen LogP contribution in [0.15, 0.2) is 11.3 Å². The van der Waals surface area contributed by atoms with E-state index in [1.165, 1.54) is 6.92 Å². The van der Waals surface area contributed by atoms with Crippen molar-refractivity contribution < 1.29 is 27.1 Å². The fourth-order valence-corrected chi connectivity index (χ4v) is 1.26. The molecule has 0 unspecified atom stereocenters. The Labute approximate surface area is 105 Å². The predicted octanol–water partition coefficient (Wildman–Crippen LogP) is 2.14. The number of ether oxygens (including phenoxy) is 1. The van der Waals surface area contributed by atoms with Crippen LogP contribution in [0.2, 0.25) is 0 Å². The summed E-state index contributed by atoms with van der Waals surface area (Å²) in [5, 5.41) is 4.72. The minimum absolute atomic E-state index is 0.219. The van der Waals surface area contributed by atoms with Gasteiger partial charge in [-0.15, -0.1) is 0 Å². The van der Waals surface area contributed by atoms with E-state index in [0.29, 0.717) is 0 Å². The number of rotatable bonds is 6. The average molecular weight is 291 g/mol. The molecule has 104 valence electrons. The topological polar surface area (TPSA) is 62.2 Å². The van der Waals surface area contributed by atoms with Gasteiger partial charge in [-0.05, 0) is 18.5 Å². The van der Waals surface area contributed by atoms with Crippen molar-refractivity contribution >= 4 is 23.3 Å². The molecule has 18 heavy (non-hydrogen) atoms. The van der Waals surface area contributed by atoms with Crippen molar-refractivity contribution in [2.24, 2.45) is 0 Å². The van der Waals surface area contributed by atoms with Crippen LogP contribution in [-0.4, -0.2) is 37.1 Å². The normalized spacial score (nSPS) is 13.1. The molecular formula is C9H11ClF4N2O2. The Morgan fingerprint density at radius 3 is 2.28 bits per heavy atom. The maximum absolute atomic E-state index is 13.0. The first-order valence-corrected chi connectivity index (χ1v) is 5.07. The van der Waals surface area contributed by atoms with Gasteiger partial charge in [0, 0.05) is 7.05 Å². The summed E-state index contributed by atoms with van der Waals surface area (Å²) in [5.41, 5.74) is -4.15.